The number of rotatable bonds is 27. The van der Waals surface area contributed by atoms with Crippen LogP contribution in [-0.4, -0.2) is 38.6 Å². The lowest BCUT2D eigenvalue weighted by molar-refractivity contribution is -0.140. The van der Waals surface area contributed by atoms with E-state index in [0.29, 0.717) is 6.42 Å². The normalized spacial score (nSPS) is 18.0. The van der Waals surface area contributed by atoms with Crippen LogP contribution in [0.15, 0.2) is 0 Å². The molecule has 1 saturated carbocycles. The van der Waals surface area contributed by atoms with Crippen molar-refractivity contribution in [2.75, 3.05) is 27.7 Å². The minimum atomic E-state index is -0.0561. The first-order valence-corrected chi connectivity index (χ1v) is 16.3. The van der Waals surface area contributed by atoms with E-state index in [9.17, 15) is 4.79 Å². The molecule has 3 nitrogen and oxygen atoms in total. The summed E-state index contributed by atoms with van der Waals surface area (Å²) in [7, 11) is 5.97. The van der Waals surface area contributed by atoms with Crippen molar-refractivity contribution >= 4 is 5.97 Å². The van der Waals surface area contributed by atoms with Gasteiger partial charge in [-0.1, -0.05) is 135 Å². The van der Waals surface area contributed by atoms with Crippen molar-refractivity contribution < 1.29 is 9.53 Å². The van der Waals surface area contributed by atoms with Gasteiger partial charge in [-0.3, -0.25) is 4.79 Å². The Hall–Kier alpha value is -0.570. The topological polar surface area (TPSA) is 29.5 Å². The molecule has 1 rings (SSSR count). The first-order chi connectivity index (χ1) is 17.6. The van der Waals surface area contributed by atoms with Gasteiger partial charge in [-0.25, -0.2) is 0 Å². The van der Waals surface area contributed by atoms with E-state index in [4.69, 9.17) is 4.74 Å². The van der Waals surface area contributed by atoms with Crippen molar-refractivity contribution in [3.05, 3.63) is 0 Å². The summed E-state index contributed by atoms with van der Waals surface area (Å²) >= 11 is 0. The number of nitrogens with zero attached hydrogens (tertiary/aromatic N) is 1. The average Bonchev–Trinajstić information content (AvgIpc) is 3.64. The minimum absolute atomic E-state index is 0.0561. The van der Waals surface area contributed by atoms with Crippen LogP contribution in [-0.2, 0) is 9.53 Å². The van der Waals surface area contributed by atoms with Crippen LogP contribution in [0.1, 0.15) is 161 Å². The molecule has 3 heteroatoms. The van der Waals surface area contributed by atoms with Gasteiger partial charge in [0.25, 0.3) is 0 Å². The van der Waals surface area contributed by atoms with Crippen LogP contribution in [0.25, 0.3) is 0 Å². The summed E-state index contributed by atoms with van der Waals surface area (Å²) < 4.78 is 4.74. The predicted octanol–water partition coefficient (Wildman–Crippen LogP) is 9.97. The van der Waals surface area contributed by atoms with Gasteiger partial charge >= 0.3 is 5.97 Å². The van der Waals surface area contributed by atoms with Gasteiger partial charge in [0.1, 0.15) is 0 Å². The second-order valence-electron chi connectivity index (χ2n) is 12.3. The molecule has 0 radical (unpaired) electrons. The third kappa shape index (κ3) is 19.5. The maximum atomic E-state index is 11.2. The van der Waals surface area contributed by atoms with Crippen molar-refractivity contribution in [2.45, 2.75) is 161 Å². The summed E-state index contributed by atoms with van der Waals surface area (Å²) in [4.78, 5) is 13.6. The summed E-state index contributed by atoms with van der Waals surface area (Å²) in [5.74, 6) is 2.77. The van der Waals surface area contributed by atoms with E-state index in [-0.39, 0.29) is 5.97 Å². The number of carbonyl (C=O) groups is 1. The van der Waals surface area contributed by atoms with Gasteiger partial charge in [0.2, 0.25) is 0 Å². The van der Waals surface area contributed by atoms with Gasteiger partial charge in [-0.15, -0.1) is 0 Å². The number of esters is 1. The summed E-state index contributed by atoms with van der Waals surface area (Å²) in [5, 5.41) is 0. The molecule has 0 N–H and O–H groups in total. The summed E-state index contributed by atoms with van der Waals surface area (Å²) in [6.45, 7) is 3.57. The van der Waals surface area contributed by atoms with Crippen molar-refractivity contribution in [1.82, 2.24) is 4.90 Å². The molecule has 0 amide bonds. The molecule has 0 aromatic carbocycles. The van der Waals surface area contributed by atoms with E-state index < -0.39 is 0 Å². The van der Waals surface area contributed by atoms with Crippen molar-refractivity contribution in [2.24, 2.45) is 17.8 Å². The van der Waals surface area contributed by atoms with E-state index in [2.05, 4.69) is 25.9 Å². The lowest BCUT2D eigenvalue weighted by Crippen LogP contribution is -2.23. The predicted molar refractivity (Wildman–Crippen MR) is 158 cm³/mol. The Morgan fingerprint density at radius 2 is 1.19 bits per heavy atom. The van der Waals surface area contributed by atoms with E-state index in [1.54, 1.807) is 0 Å². The lowest BCUT2D eigenvalue weighted by Gasteiger charge is -2.21. The zero-order valence-electron chi connectivity index (χ0n) is 25.2. The fourth-order valence-corrected chi connectivity index (χ4v) is 6.18. The zero-order valence-corrected chi connectivity index (χ0v) is 25.2. The van der Waals surface area contributed by atoms with Crippen LogP contribution < -0.4 is 0 Å². The second kappa shape index (κ2) is 23.5. The second-order valence-corrected chi connectivity index (χ2v) is 12.3. The summed E-state index contributed by atoms with van der Waals surface area (Å²) in [6, 6.07) is 0. The molecule has 0 heterocycles. The van der Waals surface area contributed by atoms with E-state index >= 15 is 0 Å². The smallest absolute Gasteiger partial charge is 0.305 e. The molecular weight excluding hydrogens is 442 g/mol. The quantitative estimate of drug-likeness (QED) is 0.0818. The third-order valence-electron chi connectivity index (χ3n) is 8.54. The molecule has 3 unspecified atom stereocenters. The standard InChI is InChI=1S/C33H65NO2/c1-5-6-7-8-9-10-11-12-13-14-15-16-17-18-19-20-22-26-31(29-34(2)3)32-28-30(32)25-23-21-24-27-33(35)36-4/h30-32H,5-29H2,1-4H3. The third-order valence-corrected chi connectivity index (χ3v) is 8.54. The van der Waals surface area contributed by atoms with Crippen LogP contribution in [0.3, 0.4) is 0 Å². The van der Waals surface area contributed by atoms with Gasteiger partial charge in [-0.2, -0.15) is 0 Å². The number of methoxy groups -OCH3 is 1. The van der Waals surface area contributed by atoms with Crippen LogP contribution in [0.2, 0.25) is 0 Å². The fraction of sp³-hybridized carbons (Fsp3) is 0.970. The van der Waals surface area contributed by atoms with E-state index in [1.807, 2.05) is 0 Å². The summed E-state index contributed by atoms with van der Waals surface area (Å²) in [5.41, 5.74) is 0. The Balaban J connectivity index is 1.93. The Labute approximate surface area is 226 Å². The van der Waals surface area contributed by atoms with E-state index in [1.165, 1.54) is 155 Å². The average molecular weight is 508 g/mol. The van der Waals surface area contributed by atoms with Crippen LogP contribution in [0, 0.1) is 17.8 Å². The Bertz CT molecular complexity index is 492. The maximum Gasteiger partial charge on any atom is 0.305 e. The monoisotopic (exact) mass is 508 g/mol. The Morgan fingerprint density at radius 3 is 1.67 bits per heavy atom. The van der Waals surface area contributed by atoms with Crippen LogP contribution in [0.5, 0.6) is 0 Å². The van der Waals surface area contributed by atoms with Gasteiger partial charge < -0.3 is 9.64 Å². The zero-order chi connectivity index (χ0) is 26.3. The number of hydrogen-bond acceptors (Lipinski definition) is 3. The Morgan fingerprint density at radius 1 is 0.722 bits per heavy atom. The summed E-state index contributed by atoms with van der Waals surface area (Å²) in [6.07, 6.45) is 33.0. The molecule has 3 atom stereocenters. The van der Waals surface area contributed by atoms with E-state index in [0.717, 1.165) is 24.2 Å². The highest BCUT2D eigenvalue weighted by Gasteiger charge is 2.41. The highest BCUT2D eigenvalue weighted by Crippen LogP contribution is 2.49. The number of carbonyl (C=O) groups excluding carboxylic acids is 1. The number of unbranched alkanes of at least 4 members (excludes halogenated alkanes) is 18. The molecule has 0 bridgehead atoms. The van der Waals surface area contributed by atoms with Crippen LogP contribution in [0.4, 0.5) is 0 Å². The first kappa shape index (κ1) is 33.5. The number of hydrogen-bond donors (Lipinski definition) is 0. The molecule has 214 valence electrons. The fourth-order valence-electron chi connectivity index (χ4n) is 6.18. The molecule has 0 aliphatic heterocycles. The highest BCUT2D eigenvalue weighted by molar-refractivity contribution is 5.68. The molecule has 36 heavy (non-hydrogen) atoms. The molecule has 1 aliphatic rings. The van der Waals surface area contributed by atoms with Crippen molar-refractivity contribution in [3.8, 4) is 0 Å². The molecule has 0 saturated heterocycles. The molecule has 0 spiro atoms. The molecule has 0 aromatic rings. The van der Waals surface area contributed by atoms with Gasteiger partial charge in [-0.05, 0) is 51.1 Å². The van der Waals surface area contributed by atoms with Crippen molar-refractivity contribution in [3.63, 3.8) is 0 Å². The van der Waals surface area contributed by atoms with Gasteiger partial charge in [0, 0.05) is 13.0 Å². The molecule has 1 fully saturated rings. The Kier molecular flexibility index (Phi) is 21.9. The van der Waals surface area contributed by atoms with Gasteiger partial charge in [0.05, 0.1) is 7.11 Å². The maximum absolute atomic E-state index is 11.2. The minimum Gasteiger partial charge on any atom is -0.469 e. The highest BCUT2D eigenvalue weighted by atomic mass is 16.5. The lowest BCUT2D eigenvalue weighted by atomic mass is 9.93. The molecule has 0 aromatic heterocycles. The largest absolute Gasteiger partial charge is 0.469 e. The molecular formula is C33H65NO2. The van der Waals surface area contributed by atoms with Gasteiger partial charge in [0.15, 0.2) is 0 Å². The SMILES string of the molecule is CCCCCCCCCCCCCCCCCCCC(CN(C)C)C1CC1CCCCCC(=O)OC. The molecule has 1 aliphatic carbocycles. The van der Waals surface area contributed by atoms with Crippen molar-refractivity contribution in [1.29, 1.82) is 0 Å². The van der Waals surface area contributed by atoms with Crippen LogP contribution >= 0.6 is 0 Å². The first-order valence-electron chi connectivity index (χ1n) is 16.3. The number of ether oxygens (including phenoxy) is 1.